The van der Waals surface area contributed by atoms with Crippen molar-refractivity contribution in [2.45, 2.75) is 19.4 Å². The fourth-order valence-electron chi connectivity index (χ4n) is 4.36. The van der Waals surface area contributed by atoms with E-state index >= 15 is 0 Å². The first-order chi connectivity index (χ1) is 16.1. The van der Waals surface area contributed by atoms with Crippen molar-refractivity contribution >= 4 is 27.3 Å². The highest BCUT2D eigenvalue weighted by molar-refractivity contribution is 7.19. The van der Waals surface area contributed by atoms with Crippen molar-refractivity contribution in [3.05, 3.63) is 45.8 Å². The normalized spacial score (nSPS) is 17.6. The Bertz CT molecular complexity index is 1210. The Morgan fingerprint density at radius 1 is 1.27 bits per heavy atom. The number of carbonyl (C=O) groups is 1. The van der Waals surface area contributed by atoms with E-state index in [4.69, 9.17) is 9.47 Å². The molecular weight excluding hydrogens is 440 g/mol. The van der Waals surface area contributed by atoms with E-state index in [0.717, 1.165) is 53.3 Å². The summed E-state index contributed by atoms with van der Waals surface area (Å²) in [4.78, 5) is 32.3. The summed E-state index contributed by atoms with van der Waals surface area (Å²) < 4.78 is 14.0. The summed E-state index contributed by atoms with van der Waals surface area (Å²) in [6.45, 7) is 4.57. The van der Waals surface area contributed by atoms with Crippen molar-refractivity contribution in [2.75, 3.05) is 39.5 Å². The van der Waals surface area contributed by atoms with Gasteiger partial charge in [0.1, 0.15) is 0 Å². The van der Waals surface area contributed by atoms with Gasteiger partial charge in [-0.05, 0) is 36.5 Å². The maximum atomic E-state index is 12.9. The Morgan fingerprint density at radius 2 is 2.12 bits per heavy atom. The maximum absolute atomic E-state index is 12.9. The Kier molecular flexibility index (Phi) is 6.43. The van der Waals surface area contributed by atoms with E-state index in [1.807, 2.05) is 29.3 Å². The highest BCUT2D eigenvalue weighted by Gasteiger charge is 2.21. The molecule has 1 amide bonds. The van der Waals surface area contributed by atoms with Gasteiger partial charge < -0.3 is 24.3 Å². The second kappa shape index (κ2) is 9.62. The number of amides is 1. The fraction of sp³-hybridized carbons (Fsp3) is 0.458. The van der Waals surface area contributed by atoms with Crippen molar-refractivity contribution in [2.24, 2.45) is 13.0 Å². The van der Waals surface area contributed by atoms with Crippen LogP contribution in [0.1, 0.15) is 17.7 Å². The molecular formula is C24H28N4O4S. The highest BCUT2D eigenvalue weighted by atomic mass is 32.1. The quantitative estimate of drug-likeness (QED) is 0.598. The molecule has 5 rings (SSSR count). The average Bonchev–Trinajstić information content (AvgIpc) is 3.26. The van der Waals surface area contributed by atoms with Gasteiger partial charge in [0, 0.05) is 67.0 Å². The molecule has 2 aliphatic rings. The monoisotopic (exact) mass is 468 g/mol. The van der Waals surface area contributed by atoms with Gasteiger partial charge in [0.05, 0.1) is 25.1 Å². The Labute approximate surface area is 196 Å². The number of fused-ring (bicyclic) bond motifs is 1. The third-order valence-electron chi connectivity index (χ3n) is 6.29. The van der Waals surface area contributed by atoms with Crippen LogP contribution in [0.25, 0.3) is 21.2 Å². The minimum absolute atomic E-state index is 0.0343. The fourth-order valence-corrected chi connectivity index (χ4v) is 5.55. The van der Waals surface area contributed by atoms with Crippen LogP contribution in [0, 0.1) is 5.92 Å². The van der Waals surface area contributed by atoms with Gasteiger partial charge in [0.15, 0.2) is 0 Å². The number of aryl methyl sites for hydroxylation is 1. The Balaban J connectivity index is 1.43. The molecule has 9 heteroatoms. The first-order valence-corrected chi connectivity index (χ1v) is 12.2. The molecule has 33 heavy (non-hydrogen) atoms. The molecule has 0 unspecified atom stereocenters. The first-order valence-electron chi connectivity index (χ1n) is 11.4. The molecule has 0 aliphatic carbocycles. The van der Waals surface area contributed by atoms with Crippen molar-refractivity contribution in [1.82, 2.24) is 19.8 Å². The summed E-state index contributed by atoms with van der Waals surface area (Å²) in [5.74, 6) is 1.16. The lowest BCUT2D eigenvalue weighted by Crippen LogP contribution is -2.47. The smallest absolute Gasteiger partial charge is 0.259 e. The summed E-state index contributed by atoms with van der Waals surface area (Å²) in [6.07, 6.45) is 5.64. The molecule has 0 saturated carbocycles. The number of hydrogen-bond donors (Lipinski definition) is 1. The third-order valence-corrected chi connectivity index (χ3v) is 7.44. The van der Waals surface area contributed by atoms with Gasteiger partial charge in [-0.3, -0.25) is 9.59 Å². The molecule has 3 aromatic heterocycles. The van der Waals surface area contributed by atoms with Crippen molar-refractivity contribution in [3.8, 4) is 17.0 Å². The minimum Gasteiger partial charge on any atom is -0.477 e. The number of carbonyl (C=O) groups excluding carboxylic acids is 1. The second-order valence-corrected chi connectivity index (χ2v) is 9.79. The van der Waals surface area contributed by atoms with E-state index in [-0.39, 0.29) is 11.5 Å². The number of rotatable bonds is 6. The van der Waals surface area contributed by atoms with E-state index < -0.39 is 0 Å². The summed E-state index contributed by atoms with van der Waals surface area (Å²) in [7, 11) is 1.77. The van der Waals surface area contributed by atoms with Crippen LogP contribution in [0.4, 0.5) is 0 Å². The number of ether oxygens (including phenoxy) is 2. The van der Waals surface area contributed by atoms with Crippen LogP contribution in [0.5, 0.6) is 5.88 Å². The average molecular weight is 469 g/mol. The number of piperazine rings is 1. The highest BCUT2D eigenvalue weighted by Crippen LogP contribution is 2.34. The number of aromatic nitrogens is 2. The minimum atomic E-state index is -0.0343. The number of pyridine rings is 2. The van der Waals surface area contributed by atoms with E-state index in [9.17, 15) is 9.59 Å². The van der Waals surface area contributed by atoms with Gasteiger partial charge in [-0.15, -0.1) is 11.3 Å². The van der Waals surface area contributed by atoms with Crippen molar-refractivity contribution < 1.29 is 14.3 Å². The topological polar surface area (TPSA) is 85.7 Å². The van der Waals surface area contributed by atoms with Gasteiger partial charge in [-0.2, -0.15) is 0 Å². The molecule has 2 aliphatic heterocycles. The van der Waals surface area contributed by atoms with Crippen LogP contribution in [0.2, 0.25) is 0 Å². The lowest BCUT2D eigenvalue weighted by atomic mass is 10.0. The van der Waals surface area contributed by atoms with E-state index in [2.05, 4.69) is 10.3 Å². The van der Waals surface area contributed by atoms with E-state index in [0.29, 0.717) is 43.4 Å². The number of nitrogens with zero attached hydrogens (tertiary/aromatic N) is 3. The molecule has 8 nitrogen and oxygen atoms in total. The standard InChI is InChI=1S/C24H28N4O4S/c1-27-14-20(17-2-5-26-21(10-17)32-15-16-3-8-31-9-4-16)23-19(24(27)30)11-18(33-23)13-28-7-6-25-12-22(28)29/h2,5,10-11,14,16,25H,3-4,6-9,12-13,15H2,1H3. The van der Waals surface area contributed by atoms with Crippen molar-refractivity contribution in [3.63, 3.8) is 0 Å². The molecule has 1 N–H and O–H groups in total. The summed E-state index contributed by atoms with van der Waals surface area (Å²) >= 11 is 1.58. The molecule has 5 heterocycles. The van der Waals surface area contributed by atoms with Crippen LogP contribution in [0.15, 0.2) is 35.4 Å². The largest absolute Gasteiger partial charge is 0.477 e. The Morgan fingerprint density at radius 3 is 2.94 bits per heavy atom. The molecule has 0 atom stereocenters. The summed E-state index contributed by atoms with van der Waals surface area (Å²) in [5.41, 5.74) is 1.89. The third kappa shape index (κ3) is 4.80. The van der Waals surface area contributed by atoms with Crippen LogP contribution >= 0.6 is 11.3 Å². The van der Waals surface area contributed by atoms with Gasteiger partial charge >= 0.3 is 0 Å². The zero-order chi connectivity index (χ0) is 22.8. The van der Waals surface area contributed by atoms with Crippen LogP contribution < -0.4 is 15.6 Å². The molecule has 0 aromatic carbocycles. The lowest BCUT2D eigenvalue weighted by Gasteiger charge is -2.26. The summed E-state index contributed by atoms with van der Waals surface area (Å²) in [6, 6.07) is 5.82. The van der Waals surface area contributed by atoms with E-state index in [1.165, 1.54) is 0 Å². The Hall–Kier alpha value is -2.75. The van der Waals surface area contributed by atoms with Crippen LogP contribution in [0.3, 0.4) is 0 Å². The predicted molar refractivity (Wildman–Crippen MR) is 128 cm³/mol. The zero-order valence-electron chi connectivity index (χ0n) is 18.7. The van der Waals surface area contributed by atoms with Crippen molar-refractivity contribution in [1.29, 1.82) is 0 Å². The molecule has 2 saturated heterocycles. The molecule has 174 valence electrons. The molecule has 0 spiro atoms. The second-order valence-electron chi connectivity index (χ2n) is 8.66. The number of nitrogens with one attached hydrogen (secondary N) is 1. The molecule has 3 aromatic rings. The molecule has 0 bridgehead atoms. The molecule has 0 radical (unpaired) electrons. The van der Waals surface area contributed by atoms with Gasteiger partial charge in [0.25, 0.3) is 5.56 Å². The lowest BCUT2D eigenvalue weighted by molar-refractivity contribution is -0.132. The summed E-state index contributed by atoms with van der Waals surface area (Å²) in [5, 5.41) is 3.78. The SMILES string of the molecule is Cn1cc(-c2ccnc(OCC3CCOCC3)c2)c2sc(CN3CCNCC3=O)cc2c1=O. The van der Waals surface area contributed by atoms with Gasteiger partial charge in [-0.25, -0.2) is 4.98 Å². The van der Waals surface area contributed by atoms with Crippen LogP contribution in [-0.4, -0.2) is 59.8 Å². The van der Waals surface area contributed by atoms with Crippen LogP contribution in [-0.2, 0) is 23.1 Å². The molecule has 2 fully saturated rings. The first kappa shape index (κ1) is 22.1. The van der Waals surface area contributed by atoms with E-state index in [1.54, 1.807) is 29.1 Å². The van der Waals surface area contributed by atoms with Gasteiger partial charge in [0.2, 0.25) is 11.8 Å². The van der Waals surface area contributed by atoms with Gasteiger partial charge in [-0.1, -0.05) is 0 Å². The predicted octanol–water partition coefficient (Wildman–Crippen LogP) is 2.40. The maximum Gasteiger partial charge on any atom is 0.259 e. The zero-order valence-corrected chi connectivity index (χ0v) is 19.5. The number of hydrogen-bond acceptors (Lipinski definition) is 7. The number of thiophene rings is 1.